The fourth-order valence-corrected chi connectivity index (χ4v) is 2.44. The molecule has 0 spiro atoms. The molecule has 0 aliphatic rings. The third-order valence-electron chi connectivity index (χ3n) is 3.66. The minimum Gasteiger partial charge on any atom is -0.493 e. The van der Waals surface area contributed by atoms with Gasteiger partial charge in [-0.25, -0.2) is 0 Å². The standard InChI is InChI=1S/C17H28N2O3/c1-3-4-5-6-7-14(17(19)20)13-8-9-15(22-11-10-18)16(12-13)21-2/h8-9,12,14H,3-7,10-11,18H2,1-2H3,(H2,19,20). The normalized spacial score (nSPS) is 12.0. The van der Waals surface area contributed by atoms with Gasteiger partial charge in [0.05, 0.1) is 13.0 Å². The fraction of sp³-hybridized carbons (Fsp3) is 0.588. The molecular weight excluding hydrogens is 280 g/mol. The maximum atomic E-state index is 11.8. The van der Waals surface area contributed by atoms with Crippen LogP contribution >= 0.6 is 0 Å². The number of carbonyl (C=O) groups excluding carboxylic acids is 1. The zero-order valence-electron chi connectivity index (χ0n) is 13.6. The Kier molecular flexibility index (Phi) is 8.36. The summed E-state index contributed by atoms with van der Waals surface area (Å²) in [5, 5.41) is 0. The summed E-state index contributed by atoms with van der Waals surface area (Å²) < 4.78 is 10.9. The molecule has 4 N–H and O–H groups in total. The quantitative estimate of drug-likeness (QED) is 0.615. The zero-order valence-corrected chi connectivity index (χ0v) is 13.6. The van der Waals surface area contributed by atoms with Crippen LogP contribution in [-0.2, 0) is 4.79 Å². The molecule has 5 nitrogen and oxygen atoms in total. The van der Waals surface area contributed by atoms with Gasteiger partial charge in [0, 0.05) is 6.54 Å². The van der Waals surface area contributed by atoms with Gasteiger partial charge < -0.3 is 20.9 Å². The topological polar surface area (TPSA) is 87.6 Å². The van der Waals surface area contributed by atoms with E-state index in [0.29, 0.717) is 24.7 Å². The highest BCUT2D eigenvalue weighted by Gasteiger charge is 2.19. The van der Waals surface area contributed by atoms with Gasteiger partial charge >= 0.3 is 0 Å². The van der Waals surface area contributed by atoms with Gasteiger partial charge in [0.1, 0.15) is 6.61 Å². The second-order valence-corrected chi connectivity index (χ2v) is 5.35. The average Bonchev–Trinajstić information content (AvgIpc) is 2.52. The Balaban J connectivity index is 2.83. The van der Waals surface area contributed by atoms with Gasteiger partial charge in [-0.2, -0.15) is 0 Å². The van der Waals surface area contributed by atoms with E-state index < -0.39 is 0 Å². The summed E-state index contributed by atoms with van der Waals surface area (Å²) in [7, 11) is 1.58. The third-order valence-corrected chi connectivity index (χ3v) is 3.66. The summed E-state index contributed by atoms with van der Waals surface area (Å²) in [6, 6.07) is 5.52. The van der Waals surface area contributed by atoms with Crippen molar-refractivity contribution >= 4 is 5.91 Å². The Hall–Kier alpha value is -1.75. The summed E-state index contributed by atoms with van der Waals surface area (Å²) in [6.45, 7) is 3.02. The van der Waals surface area contributed by atoms with Crippen molar-refractivity contribution in [1.82, 2.24) is 0 Å². The van der Waals surface area contributed by atoms with Gasteiger partial charge in [-0.3, -0.25) is 4.79 Å². The van der Waals surface area contributed by atoms with Crippen LogP contribution in [0.1, 0.15) is 50.5 Å². The number of primary amides is 1. The first-order chi connectivity index (χ1) is 10.6. The second-order valence-electron chi connectivity index (χ2n) is 5.35. The summed E-state index contributed by atoms with van der Waals surface area (Å²) in [5.41, 5.74) is 11.9. The highest BCUT2D eigenvalue weighted by atomic mass is 16.5. The van der Waals surface area contributed by atoms with Gasteiger partial charge in [-0.1, -0.05) is 38.7 Å². The molecule has 1 atom stereocenters. The van der Waals surface area contributed by atoms with Crippen molar-refractivity contribution in [2.24, 2.45) is 11.5 Å². The molecule has 0 saturated carbocycles. The molecule has 1 amide bonds. The molecule has 0 heterocycles. The van der Waals surface area contributed by atoms with Crippen LogP contribution in [0.25, 0.3) is 0 Å². The molecule has 0 fully saturated rings. The number of methoxy groups -OCH3 is 1. The predicted octanol–water partition coefficient (Wildman–Crippen LogP) is 2.57. The number of nitrogens with two attached hydrogens (primary N) is 2. The number of amides is 1. The fourth-order valence-electron chi connectivity index (χ4n) is 2.44. The number of unbranched alkanes of at least 4 members (excludes halogenated alkanes) is 3. The Bertz CT molecular complexity index is 463. The van der Waals surface area contributed by atoms with E-state index in [0.717, 1.165) is 24.8 Å². The van der Waals surface area contributed by atoms with E-state index in [-0.39, 0.29) is 11.8 Å². The Morgan fingerprint density at radius 1 is 1.23 bits per heavy atom. The summed E-state index contributed by atoms with van der Waals surface area (Å²) in [6.07, 6.45) is 5.23. The number of carbonyl (C=O) groups is 1. The van der Waals surface area contributed by atoms with E-state index in [9.17, 15) is 4.79 Å². The van der Waals surface area contributed by atoms with Crippen LogP contribution in [0.3, 0.4) is 0 Å². The molecule has 0 aliphatic carbocycles. The molecule has 0 radical (unpaired) electrons. The van der Waals surface area contributed by atoms with Gasteiger partial charge in [0.15, 0.2) is 11.5 Å². The van der Waals surface area contributed by atoms with Crippen molar-refractivity contribution < 1.29 is 14.3 Å². The van der Waals surface area contributed by atoms with Crippen molar-refractivity contribution in [3.05, 3.63) is 23.8 Å². The van der Waals surface area contributed by atoms with Crippen LogP contribution < -0.4 is 20.9 Å². The highest BCUT2D eigenvalue weighted by molar-refractivity contribution is 5.82. The number of ether oxygens (including phenoxy) is 2. The van der Waals surface area contributed by atoms with Crippen LogP contribution in [-0.4, -0.2) is 26.2 Å². The smallest absolute Gasteiger partial charge is 0.224 e. The van der Waals surface area contributed by atoms with E-state index in [1.807, 2.05) is 18.2 Å². The van der Waals surface area contributed by atoms with Crippen molar-refractivity contribution in [2.45, 2.75) is 44.9 Å². The van der Waals surface area contributed by atoms with Crippen LogP contribution in [0.4, 0.5) is 0 Å². The molecule has 1 aromatic carbocycles. The molecule has 0 aromatic heterocycles. The van der Waals surface area contributed by atoms with Crippen molar-refractivity contribution in [2.75, 3.05) is 20.3 Å². The van der Waals surface area contributed by atoms with Crippen molar-refractivity contribution in [1.29, 1.82) is 0 Å². The Labute approximate surface area is 133 Å². The van der Waals surface area contributed by atoms with E-state index in [1.54, 1.807) is 7.11 Å². The predicted molar refractivity (Wildman–Crippen MR) is 88.2 cm³/mol. The summed E-state index contributed by atoms with van der Waals surface area (Å²) >= 11 is 0. The minimum atomic E-state index is -0.297. The molecule has 1 rings (SSSR count). The van der Waals surface area contributed by atoms with E-state index in [4.69, 9.17) is 20.9 Å². The van der Waals surface area contributed by atoms with Crippen LogP contribution in [0.5, 0.6) is 11.5 Å². The highest BCUT2D eigenvalue weighted by Crippen LogP contribution is 2.32. The van der Waals surface area contributed by atoms with Crippen molar-refractivity contribution in [3.63, 3.8) is 0 Å². The van der Waals surface area contributed by atoms with Crippen molar-refractivity contribution in [3.8, 4) is 11.5 Å². The molecule has 0 bridgehead atoms. The van der Waals surface area contributed by atoms with E-state index >= 15 is 0 Å². The SMILES string of the molecule is CCCCCCC(C(N)=O)c1ccc(OCCN)c(OC)c1. The zero-order chi connectivity index (χ0) is 16.4. The largest absolute Gasteiger partial charge is 0.493 e. The number of benzene rings is 1. The van der Waals surface area contributed by atoms with Gasteiger partial charge in [-0.05, 0) is 24.1 Å². The second kappa shape index (κ2) is 10.1. The lowest BCUT2D eigenvalue weighted by Crippen LogP contribution is -2.21. The van der Waals surface area contributed by atoms with Crippen LogP contribution in [0.2, 0.25) is 0 Å². The molecule has 124 valence electrons. The van der Waals surface area contributed by atoms with E-state index in [2.05, 4.69) is 6.92 Å². The molecule has 0 saturated heterocycles. The van der Waals surface area contributed by atoms with Crippen LogP contribution in [0, 0.1) is 0 Å². The van der Waals surface area contributed by atoms with Gasteiger partial charge in [0.25, 0.3) is 0 Å². The lowest BCUT2D eigenvalue weighted by molar-refractivity contribution is -0.119. The molecule has 0 aliphatic heterocycles. The minimum absolute atomic E-state index is 0.283. The molecule has 22 heavy (non-hydrogen) atoms. The summed E-state index contributed by atoms with van der Waals surface area (Å²) in [5.74, 6) is 0.653. The Morgan fingerprint density at radius 2 is 2.00 bits per heavy atom. The first-order valence-electron chi connectivity index (χ1n) is 7.94. The maximum absolute atomic E-state index is 11.8. The number of hydrogen-bond acceptors (Lipinski definition) is 4. The third kappa shape index (κ3) is 5.56. The lowest BCUT2D eigenvalue weighted by atomic mass is 9.92. The Morgan fingerprint density at radius 3 is 2.59 bits per heavy atom. The van der Waals surface area contributed by atoms with Crippen LogP contribution in [0.15, 0.2) is 18.2 Å². The van der Waals surface area contributed by atoms with Gasteiger partial charge in [0.2, 0.25) is 5.91 Å². The molecule has 1 unspecified atom stereocenters. The number of hydrogen-bond donors (Lipinski definition) is 2. The van der Waals surface area contributed by atoms with Gasteiger partial charge in [-0.15, -0.1) is 0 Å². The van der Waals surface area contributed by atoms with E-state index in [1.165, 1.54) is 12.8 Å². The molecule has 1 aromatic rings. The lowest BCUT2D eigenvalue weighted by Gasteiger charge is -2.17. The molecular formula is C17H28N2O3. The first-order valence-corrected chi connectivity index (χ1v) is 7.94. The molecule has 5 heteroatoms. The average molecular weight is 308 g/mol. The first kappa shape index (κ1) is 18.3. The maximum Gasteiger partial charge on any atom is 0.224 e. The summed E-state index contributed by atoms with van der Waals surface area (Å²) in [4.78, 5) is 11.8. The monoisotopic (exact) mass is 308 g/mol. The number of rotatable bonds is 11.